The van der Waals surface area contributed by atoms with Gasteiger partial charge in [0, 0.05) is 52.6 Å². The van der Waals surface area contributed by atoms with E-state index in [9.17, 15) is 14.4 Å². The average Bonchev–Trinajstić information content (AvgIpc) is 2.99. The molecule has 28 heavy (non-hydrogen) atoms. The molecule has 15 heteroatoms. The lowest BCUT2D eigenvalue weighted by Crippen LogP contribution is -2.35. The Morgan fingerprint density at radius 1 is 0.929 bits per heavy atom. The van der Waals surface area contributed by atoms with Crippen LogP contribution in [0.1, 0.15) is 32.1 Å². The quantitative estimate of drug-likeness (QED) is 0.159. The first kappa shape index (κ1) is 22.4. The molecular formula is C13H18N10O5. The highest BCUT2D eigenvalue weighted by Crippen LogP contribution is 2.32. The van der Waals surface area contributed by atoms with Crippen molar-refractivity contribution >= 4 is 18.0 Å². The number of amides is 2. The third kappa shape index (κ3) is 7.30. The Bertz CT molecular complexity index is 665. The van der Waals surface area contributed by atoms with Crippen molar-refractivity contribution in [3.63, 3.8) is 0 Å². The van der Waals surface area contributed by atoms with Gasteiger partial charge in [0.2, 0.25) is 0 Å². The van der Waals surface area contributed by atoms with Gasteiger partial charge in [-0.15, -0.1) is 0 Å². The van der Waals surface area contributed by atoms with Crippen LogP contribution in [-0.4, -0.2) is 49.3 Å². The Balaban J connectivity index is 2.83. The minimum absolute atomic E-state index is 0.0550. The van der Waals surface area contributed by atoms with Gasteiger partial charge in [0.15, 0.2) is 0 Å². The number of rotatable bonds is 12. The van der Waals surface area contributed by atoms with Crippen molar-refractivity contribution in [2.45, 2.75) is 32.1 Å². The number of carbonyl (C=O) groups is 3. The molecule has 0 atom stereocenters. The summed E-state index contributed by atoms with van der Waals surface area (Å²) < 4.78 is 5.05. The maximum absolute atomic E-state index is 11.9. The predicted molar refractivity (Wildman–Crippen MR) is 91.8 cm³/mol. The third-order valence-corrected chi connectivity index (χ3v) is 4.08. The molecule has 1 rings (SSSR count). The normalized spacial score (nSPS) is 14.9. The highest BCUT2D eigenvalue weighted by molar-refractivity contribution is 6.01. The molecule has 0 aromatic heterocycles. The molecule has 1 heterocycles. The van der Waals surface area contributed by atoms with E-state index in [2.05, 4.69) is 34.9 Å². The fourth-order valence-corrected chi connectivity index (χ4v) is 2.56. The molecule has 1 aliphatic rings. The minimum Gasteiger partial charge on any atom is -0.432 e. The van der Waals surface area contributed by atoms with E-state index in [0.717, 1.165) is 0 Å². The van der Waals surface area contributed by atoms with Gasteiger partial charge in [-0.2, -0.15) is 0 Å². The van der Waals surface area contributed by atoms with E-state index in [1.807, 2.05) is 0 Å². The van der Waals surface area contributed by atoms with Crippen LogP contribution in [0.4, 0.5) is 4.79 Å². The molecule has 0 bridgehead atoms. The fraction of sp³-hybridized carbons (Fsp3) is 0.769. The minimum atomic E-state index is -1.26. The maximum atomic E-state index is 11.9. The number of carbonyl (C=O) groups excluding carboxylic acids is 3. The van der Waals surface area contributed by atoms with Gasteiger partial charge in [-0.3, -0.25) is 14.4 Å². The second-order valence-electron chi connectivity index (χ2n) is 5.83. The Morgan fingerprint density at radius 2 is 1.36 bits per heavy atom. The standard InChI is InChI=1S/C13H18N10O5/c14-20-17-6-3-13(4-7-18-21-15,5-8-19-22-16)9-27-12(26)28-23-10(24)1-2-11(23)25/h1-9H2. The van der Waals surface area contributed by atoms with Crippen molar-refractivity contribution in [2.24, 2.45) is 20.8 Å². The van der Waals surface area contributed by atoms with Crippen molar-refractivity contribution in [2.75, 3.05) is 26.2 Å². The number of hydroxylamine groups is 2. The summed E-state index contributed by atoms with van der Waals surface area (Å²) in [6, 6.07) is 0. The van der Waals surface area contributed by atoms with E-state index in [0.29, 0.717) is 5.06 Å². The Morgan fingerprint density at radius 3 is 1.75 bits per heavy atom. The number of nitrogens with zero attached hydrogens (tertiary/aromatic N) is 10. The molecule has 1 saturated heterocycles. The topological polar surface area (TPSA) is 219 Å². The summed E-state index contributed by atoms with van der Waals surface area (Å²) in [5.74, 6) is -1.30. The van der Waals surface area contributed by atoms with Crippen LogP contribution in [0.3, 0.4) is 0 Å². The highest BCUT2D eigenvalue weighted by atomic mass is 16.8. The van der Waals surface area contributed by atoms with Crippen molar-refractivity contribution in [1.29, 1.82) is 0 Å². The molecule has 0 spiro atoms. The zero-order valence-electron chi connectivity index (χ0n) is 14.9. The number of azide groups is 3. The highest BCUT2D eigenvalue weighted by Gasteiger charge is 2.35. The van der Waals surface area contributed by atoms with Crippen LogP contribution in [0.15, 0.2) is 15.3 Å². The van der Waals surface area contributed by atoms with Gasteiger partial charge in [0.25, 0.3) is 11.8 Å². The van der Waals surface area contributed by atoms with Crippen LogP contribution in [0, 0.1) is 5.41 Å². The van der Waals surface area contributed by atoms with E-state index in [-0.39, 0.29) is 58.3 Å². The van der Waals surface area contributed by atoms with Crippen molar-refractivity contribution in [3.8, 4) is 0 Å². The molecular weight excluding hydrogens is 376 g/mol. The fourth-order valence-electron chi connectivity index (χ4n) is 2.56. The van der Waals surface area contributed by atoms with Crippen molar-refractivity contribution < 1.29 is 24.0 Å². The Kier molecular flexibility index (Phi) is 9.48. The van der Waals surface area contributed by atoms with Gasteiger partial charge in [0.05, 0.1) is 0 Å². The first-order valence-corrected chi connectivity index (χ1v) is 8.21. The molecule has 0 saturated carbocycles. The van der Waals surface area contributed by atoms with Gasteiger partial charge < -0.3 is 4.74 Å². The summed E-state index contributed by atoms with van der Waals surface area (Å²) in [7, 11) is 0. The summed E-state index contributed by atoms with van der Waals surface area (Å²) in [5, 5.41) is 10.7. The van der Waals surface area contributed by atoms with Crippen LogP contribution in [0.25, 0.3) is 31.3 Å². The summed E-state index contributed by atoms with van der Waals surface area (Å²) >= 11 is 0. The van der Waals surface area contributed by atoms with Crippen LogP contribution in [0.2, 0.25) is 0 Å². The Hall–Kier alpha value is -3.66. The predicted octanol–water partition coefficient (Wildman–Crippen LogP) is 3.29. The van der Waals surface area contributed by atoms with Crippen molar-refractivity contribution in [1.82, 2.24) is 5.06 Å². The lowest BCUT2D eigenvalue weighted by atomic mass is 9.78. The molecule has 0 N–H and O–H groups in total. The molecule has 0 radical (unpaired) electrons. The van der Waals surface area contributed by atoms with Gasteiger partial charge in [-0.25, -0.2) is 4.79 Å². The molecule has 2 amide bonds. The van der Waals surface area contributed by atoms with Gasteiger partial charge in [-0.05, 0) is 35.9 Å². The second kappa shape index (κ2) is 11.9. The van der Waals surface area contributed by atoms with Crippen LogP contribution in [-0.2, 0) is 19.2 Å². The van der Waals surface area contributed by atoms with Crippen LogP contribution in [0.5, 0.6) is 0 Å². The van der Waals surface area contributed by atoms with E-state index in [1.165, 1.54) is 0 Å². The smallest absolute Gasteiger partial charge is 0.432 e. The summed E-state index contributed by atoms with van der Waals surface area (Å²) in [6.45, 7) is -0.0788. The summed E-state index contributed by atoms with van der Waals surface area (Å²) in [6.07, 6.45) is -0.638. The molecule has 0 unspecified atom stereocenters. The average molecular weight is 394 g/mol. The SMILES string of the molecule is [N-]=[N+]=NCCC(CCN=[N+]=[N-])(CCN=[N+]=[N-])COC(=O)ON1C(=O)CCC1=O. The van der Waals surface area contributed by atoms with Crippen LogP contribution < -0.4 is 0 Å². The van der Waals surface area contributed by atoms with Gasteiger partial charge in [0.1, 0.15) is 6.61 Å². The molecule has 150 valence electrons. The largest absolute Gasteiger partial charge is 0.533 e. The van der Waals surface area contributed by atoms with Crippen molar-refractivity contribution in [3.05, 3.63) is 31.3 Å². The monoisotopic (exact) mass is 394 g/mol. The van der Waals surface area contributed by atoms with E-state index >= 15 is 0 Å². The zero-order chi connectivity index (χ0) is 20.8. The molecule has 0 aromatic rings. The maximum Gasteiger partial charge on any atom is 0.533 e. The lowest BCUT2D eigenvalue weighted by Gasteiger charge is -2.32. The molecule has 15 nitrogen and oxygen atoms in total. The number of imide groups is 1. The molecule has 1 fully saturated rings. The molecule has 1 aliphatic heterocycles. The zero-order valence-corrected chi connectivity index (χ0v) is 14.9. The van der Waals surface area contributed by atoms with Crippen LogP contribution >= 0.6 is 0 Å². The van der Waals surface area contributed by atoms with E-state index < -0.39 is 23.4 Å². The number of hydrogen-bond acceptors (Lipinski definition) is 8. The first-order chi connectivity index (χ1) is 13.5. The van der Waals surface area contributed by atoms with Gasteiger partial charge in [-0.1, -0.05) is 20.4 Å². The van der Waals surface area contributed by atoms with E-state index in [4.69, 9.17) is 21.3 Å². The van der Waals surface area contributed by atoms with Gasteiger partial charge >= 0.3 is 6.16 Å². The second-order valence-corrected chi connectivity index (χ2v) is 5.83. The summed E-state index contributed by atoms with van der Waals surface area (Å²) in [4.78, 5) is 47.5. The number of ether oxygens (including phenoxy) is 1. The molecule has 0 aromatic carbocycles. The Labute approximate surface area is 158 Å². The van der Waals surface area contributed by atoms with E-state index in [1.54, 1.807) is 0 Å². The number of hydrogen-bond donors (Lipinski definition) is 0. The molecule has 0 aliphatic carbocycles. The first-order valence-electron chi connectivity index (χ1n) is 8.21. The lowest BCUT2D eigenvalue weighted by molar-refractivity contribution is -0.178. The third-order valence-electron chi connectivity index (χ3n) is 4.08. The summed E-state index contributed by atoms with van der Waals surface area (Å²) in [5.41, 5.74) is 24.6.